The first-order valence-corrected chi connectivity index (χ1v) is 7.25. The highest BCUT2D eigenvalue weighted by Gasteiger charge is 2.17. The van der Waals surface area contributed by atoms with Gasteiger partial charge in [-0.2, -0.15) is 0 Å². The molecule has 19 heavy (non-hydrogen) atoms. The van der Waals surface area contributed by atoms with Gasteiger partial charge >= 0.3 is 0 Å². The molecular formula is C15H20N2OS. The van der Waals surface area contributed by atoms with E-state index in [1.54, 1.807) is 11.3 Å². The first kappa shape index (κ1) is 14.0. The third-order valence-corrected chi connectivity index (χ3v) is 3.72. The van der Waals surface area contributed by atoms with Gasteiger partial charge in [-0.1, -0.05) is 32.9 Å². The van der Waals surface area contributed by atoms with Gasteiger partial charge in [-0.3, -0.25) is 0 Å². The summed E-state index contributed by atoms with van der Waals surface area (Å²) in [6.07, 6.45) is 0. The van der Waals surface area contributed by atoms with Crippen LogP contribution in [0.15, 0.2) is 29.6 Å². The summed E-state index contributed by atoms with van der Waals surface area (Å²) in [5, 5.41) is 15.6. The van der Waals surface area contributed by atoms with E-state index in [0.29, 0.717) is 0 Å². The minimum Gasteiger partial charge on any atom is -0.392 e. The molecule has 0 fully saturated rings. The zero-order valence-corrected chi connectivity index (χ0v) is 12.4. The van der Waals surface area contributed by atoms with Gasteiger partial charge < -0.3 is 10.4 Å². The van der Waals surface area contributed by atoms with E-state index >= 15 is 0 Å². The maximum Gasteiger partial charge on any atom is 0.112 e. The number of nitrogens with one attached hydrogen (secondary N) is 1. The first-order valence-electron chi connectivity index (χ1n) is 6.37. The second kappa shape index (κ2) is 5.72. The van der Waals surface area contributed by atoms with Crippen LogP contribution in [0, 0.1) is 0 Å². The number of hydrogen-bond donors (Lipinski definition) is 2. The Bertz CT molecular complexity index is 543. The maximum absolute atomic E-state index is 9.10. The van der Waals surface area contributed by atoms with E-state index < -0.39 is 0 Å². The van der Waals surface area contributed by atoms with Crippen molar-refractivity contribution in [2.24, 2.45) is 0 Å². The van der Waals surface area contributed by atoms with E-state index in [2.05, 4.69) is 36.5 Å². The molecule has 1 heterocycles. The number of aliphatic hydroxyl groups excluding tert-OH is 1. The summed E-state index contributed by atoms with van der Waals surface area (Å²) in [5.41, 5.74) is 3.17. The second-order valence-electron chi connectivity index (χ2n) is 5.59. The average Bonchev–Trinajstić information content (AvgIpc) is 2.85. The van der Waals surface area contributed by atoms with E-state index in [0.717, 1.165) is 28.5 Å². The van der Waals surface area contributed by atoms with Gasteiger partial charge in [-0.05, 0) is 17.7 Å². The number of rotatable bonds is 4. The molecule has 2 rings (SSSR count). The fourth-order valence-corrected chi connectivity index (χ4v) is 2.65. The molecule has 0 aliphatic heterocycles. The third-order valence-electron chi connectivity index (χ3n) is 2.87. The van der Waals surface area contributed by atoms with Gasteiger partial charge in [-0.25, -0.2) is 4.98 Å². The fourth-order valence-electron chi connectivity index (χ4n) is 1.69. The van der Waals surface area contributed by atoms with Crippen LogP contribution in [-0.4, -0.2) is 10.1 Å². The lowest BCUT2D eigenvalue weighted by atomic mass is 9.93. The zero-order valence-electron chi connectivity index (χ0n) is 11.6. The molecule has 1 aromatic carbocycles. The third kappa shape index (κ3) is 3.78. The molecule has 0 radical (unpaired) electrons. The van der Waals surface area contributed by atoms with Crippen molar-refractivity contribution in [3.05, 3.63) is 45.9 Å². The lowest BCUT2D eigenvalue weighted by Crippen LogP contribution is -2.11. The standard InChI is InChI=1S/C15H20N2OS/c1-15(2,3)13-10-19-14(17-13)8-16-12-6-4-5-11(7-12)9-18/h4-7,10,16,18H,8-9H2,1-3H3. The summed E-state index contributed by atoms with van der Waals surface area (Å²) in [6, 6.07) is 7.80. The topological polar surface area (TPSA) is 45.1 Å². The van der Waals surface area contributed by atoms with Crippen LogP contribution in [0.2, 0.25) is 0 Å². The van der Waals surface area contributed by atoms with E-state index in [9.17, 15) is 0 Å². The Balaban J connectivity index is 2.00. The molecule has 0 atom stereocenters. The molecule has 1 aromatic heterocycles. The molecule has 0 aliphatic rings. The molecule has 102 valence electrons. The Morgan fingerprint density at radius 1 is 1.32 bits per heavy atom. The predicted molar refractivity (Wildman–Crippen MR) is 80.5 cm³/mol. The number of anilines is 1. The first-order chi connectivity index (χ1) is 8.99. The molecule has 0 spiro atoms. The van der Waals surface area contributed by atoms with Crippen LogP contribution in [-0.2, 0) is 18.6 Å². The van der Waals surface area contributed by atoms with Crippen LogP contribution in [0.3, 0.4) is 0 Å². The SMILES string of the molecule is CC(C)(C)c1csc(CNc2cccc(CO)c2)n1. The molecule has 0 amide bonds. The number of nitrogens with zero attached hydrogens (tertiary/aromatic N) is 1. The van der Waals surface area contributed by atoms with Gasteiger partial charge in [0.15, 0.2) is 0 Å². The smallest absolute Gasteiger partial charge is 0.112 e. The van der Waals surface area contributed by atoms with Gasteiger partial charge in [-0.15, -0.1) is 11.3 Å². The maximum atomic E-state index is 9.10. The molecule has 0 saturated carbocycles. The minimum atomic E-state index is 0.0704. The summed E-state index contributed by atoms with van der Waals surface area (Å²) in [7, 11) is 0. The number of thiazole rings is 1. The number of aromatic nitrogens is 1. The van der Waals surface area contributed by atoms with Crippen molar-refractivity contribution in [2.45, 2.75) is 39.3 Å². The number of aliphatic hydroxyl groups is 1. The highest BCUT2D eigenvalue weighted by Crippen LogP contribution is 2.24. The molecule has 2 N–H and O–H groups in total. The van der Waals surface area contributed by atoms with Crippen molar-refractivity contribution in [1.82, 2.24) is 4.98 Å². The van der Waals surface area contributed by atoms with Crippen molar-refractivity contribution in [2.75, 3.05) is 5.32 Å². The Morgan fingerprint density at radius 2 is 2.11 bits per heavy atom. The van der Waals surface area contributed by atoms with Crippen LogP contribution in [0.4, 0.5) is 5.69 Å². The Hall–Kier alpha value is -1.39. The molecule has 0 unspecified atom stereocenters. The largest absolute Gasteiger partial charge is 0.392 e. The highest BCUT2D eigenvalue weighted by molar-refractivity contribution is 7.09. The summed E-state index contributed by atoms with van der Waals surface area (Å²) in [5.74, 6) is 0. The van der Waals surface area contributed by atoms with Gasteiger partial charge in [0.2, 0.25) is 0 Å². The van der Waals surface area contributed by atoms with Crippen molar-refractivity contribution >= 4 is 17.0 Å². The Morgan fingerprint density at radius 3 is 2.74 bits per heavy atom. The van der Waals surface area contributed by atoms with E-state index in [1.807, 2.05) is 24.3 Å². The average molecular weight is 276 g/mol. The van der Waals surface area contributed by atoms with Crippen LogP contribution < -0.4 is 5.32 Å². The summed E-state index contributed by atoms with van der Waals surface area (Å²) < 4.78 is 0. The monoisotopic (exact) mass is 276 g/mol. The summed E-state index contributed by atoms with van der Waals surface area (Å²) >= 11 is 1.68. The van der Waals surface area contributed by atoms with Crippen LogP contribution in [0.5, 0.6) is 0 Å². The summed E-state index contributed by atoms with van der Waals surface area (Å²) in [6.45, 7) is 7.30. The quantitative estimate of drug-likeness (QED) is 0.897. The number of hydrogen-bond acceptors (Lipinski definition) is 4. The fraction of sp³-hybridized carbons (Fsp3) is 0.400. The van der Waals surface area contributed by atoms with Gasteiger partial charge in [0, 0.05) is 16.5 Å². The Labute approximate surface area is 118 Å². The van der Waals surface area contributed by atoms with Gasteiger partial charge in [0.25, 0.3) is 0 Å². The molecule has 3 nitrogen and oxygen atoms in total. The predicted octanol–water partition coefficient (Wildman–Crippen LogP) is 3.55. The van der Waals surface area contributed by atoms with Crippen molar-refractivity contribution in [3.8, 4) is 0 Å². The van der Waals surface area contributed by atoms with E-state index in [1.165, 1.54) is 0 Å². The lowest BCUT2D eigenvalue weighted by molar-refractivity contribution is 0.282. The van der Waals surface area contributed by atoms with Gasteiger partial charge in [0.05, 0.1) is 18.8 Å². The summed E-state index contributed by atoms with van der Waals surface area (Å²) in [4.78, 5) is 4.65. The van der Waals surface area contributed by atoms with Crippen molar-refractivity contribution in [1.29, 1.82) is 0 Å². The molecule has 4 heteroatoms. The number of benzene rings is 1. The van der Waals surface area contributed by atoms with Gasteiger partial charge in [0.1, 0.15) is 5.01 Å². The molecule has 0 bridgehead atoms. The van der Waals surface area contributed by atoms with E-state index in [-0.39, 0.29) is 12.0 Å². The molecule has 0 aliphatic carbocycles. The molecule has 0 saturated heterocycles. The molecular weight excluding hydrogens is 256 g/mol. The van der Waals surface area contributed by atoms with Crippen LogP contribution >= 0.6 is 11.3 Å². The Kier molecular flexibility index (Phi) is 4.22. The normalized spacial score (nSPS) is 11.6. The van der Waals surface area contributed by atoms with Crippen LogP contribution in [0.25, 0.3) is 0 Å². The minimum absolute atomic E-state index is 0.0704. The second-order valence-corrected chi connectivity index (χ2v) is 6.53. The highest BCUT2D eigenvalue weighted by atomic mass is 32.1. The van der Waals surface area contributed by atoms with Crippen molar-refractivity contribution < 1.29 is 5.11 Å². The molecule has 2 aromatic rings. The van der Waals surface area contributed by atoms with Crippen LogP contribution in [0.1, 0.15) is 37.0 Å². The van der Waals surface area contributed by atoms with E-state index in [4.69, 9.17) is 5.11 Å². The lowest BCUT2D eigenvalue weighted by Gasteiger charge is -2.14. The van der Waals surface area contributed by atoms with Crippen molar-refractivity contribution in [3.63, 3.8) is 0 Å². The zero-order chi connectivity index (χ0) is 13.9.